The Labute approximate surface area is 192 Å². The van der Waals surface area contributed by atoms with Crippen LogP contribution in [0.2, 0.25) is 0 Å². The molecule has 2 N–H and O–H groups in total. The Kier molecular flexibility index (Phi) is 5.77. The zero-order valence-electron chi connectivity index (χ0n) is 18.2. The third-order valence-corrected chi connectivity index (χ3v) is 6.31. The van der Waals surface area contributed by atoms with Crippen molar-refractivity contribution in [2.45, 2.75) is 43.7 Å². The summed E-state index contributed by atoms with van der Waals surface area (Å²) >= 11 is 0. The maximum atomic E-state index is 13.0. The molecule has 0 spiro atoms. The summed E-state index contributed by atoms with van der Waals surface area (Å²) in [4.78, 5) is 25.1. The van der Waals surface area contributed by atoms with E-state index in [4.69, 9.17) is 13.9 Å². The summed E-state index contributed by atoms with van der Waals surface area (Å²) in [7, 11) is 0. The number of hydrogen-bond acceptors (Lipinski definition) is 5. The van der Waals surface area contributed by atoms with Crippen LogP contribution in [0.4, 0.5) is 0 Å². The van der Waals surface area contributed by atoms with Gasteiger partial charge in [0.1, 0.15) is 11.8 Å². The van der Waals surface area contributed by atoms with E-state index >= 15 is 0 Å². The predicted molar refractivity (Wildman–Crippen MR) is 121 cm³/mol. The predicted octanol–water partition coefficient (Wildman–Crippen LogP) is 3.89. The van der Waals surface area contributed by atoms with Crippen molar-refractivity contribution in [2.24, 2.45) is 0 Å². The van der Waals surface area contributed by atoms with Crippen LogP contribution in [-0.4, -0.2) is 24.1 Å². The van der Waals surface area contributed by atoms with Crippen LogP contribution in [0, 0.1) is 0 Å². The number of fused-ring (bicyclic) bond motifs is 1. The van der Waals surface area contributed by atoms with Gasteiger partial charge in [0, 0.05) is 18.4 Å². The number of furan rings is 1. The van der Waals surface area contributed by atoms with Crippen LogP contribution in [-0.2, 0) is 16.0 Å². The van der Waals surface area contributed by atoms with Gasteiger partial charge in [-0.3, -0.25) is 9.59 Å². The Bertz CT molecular complexity index is 1130. The van der Waals surface area contributed by atoms with Crippen LogP contribution >= 0.6 is 0 Å². The molecule has 0 unspecified atom stereocenters. The minimum absolute atomic E-state index is 0.0221. The van der Waals surface area contributed by atoms with Gasteiger partial charge in [-0.2, -0.15) is 0 Å². The van der Waals surface area contributed by atoms with E-state index in [2.05, 4.69) is 10.6 Å². The summed E-state index contributed by atoms with van der Waals surface area (Å²) < 4.78 is 16.5. The topological polar surface area (TPSA) is 89.8 Å². The number of ether oxygens (including phenoxy) is 2. The molecule has 2 atom stereocenters. The van der Waals surface area contributed by atoms with Crippen LogP contribution < -0.4 is 20.1 Å². The fourth-order valence-electron chi connectivity index (χ4n) is 4.63. The van der Waals surface area contributed by atoms with Crippen molar-refractivity contribution in [3.63, 3.8) is 0 Å². The molecule has 33 heavy (non-hydrogen) atoms. The first-order valence-electron chi connectivity index (χ1n) is 11.2. The third kappa shape index (κ3) is 4.72. The van der Waals surface area contributed by atoms with Gasteiger partial charge in [-0.1, -0.05) is 36.4 Å². The third-order valence-electron chi connectivity index (χ3n) is 6.31. The van der Waals surface area contributed by atoms with E-state index < -0.39 is 5.54 Å². The first-order valence-corrected chi connectivity index (χ1v) is 11.2. The quantitative estimate of drug-likeness (QED) is 0.548. The van der Waals surface area contributed by atoms with Gasteiger partial charge in [0.2, 0.25) is 18.6 Å². The van der Waals surface area contributed by atoms with Crippen LogP contribution in [0.25, 0.3) is 0 Å². The number of hydrogen-bond donors (Lipinski definition) is 2. The number of carbonyl (C=O) groups excluding carboxylic acids is 2. The average molecular weight is 447 g/mol. The summed E-state index contributed by atoms with van der Waals surface area (Å²) in [5, 5.41) is 6.25. The van der Waals surface area contributed by atoms with Crippen LogP contribution in [0.3, 0.4) is 0 Å². The van der Waals surface area contributed by atoms with Gasteiger partial charge in [0.25, 0.3) is 0 Å². The molecule has 3 heterocycles. The highest BCUT2D eigenvalue weighted by atomic mass is 16.7. The Morgan fingerprint density at radius 3 is 2.67 bits per heavy atom. The van der Waals surface area contributed by atoms with Crippen molar-refractivity contribution >= 4 is 11.8 Å². The van der Waals surface area contributed by atoms with Crippen molar-refractivity contribution in [2.75, 3.05) is 6.79 Å². The van der Waals surface area contributed by atoms with Crippen molar-refractivity contribution in [1.29, 1.82) is 0 Å². The molecule has 7 heteroatoms. The van der Waals surface area contributed by atoms with E-state index in [1.54, 1.807) is 6.26 Å². The molecule has 170 valence electrons. The van der Waals surface area contributed by atoms with Gasteiger partial charge >= 0.3 is 0 Å². The molecule has 0 saturated carbocycles. The number of benzene rings is 2. The fraction of sp³-hybridized carbons (Fsp3) is 0.308. The minimum Gasteiger partial charge on any atom is -0.467 e. The monoisotopic (exact) mass is 446 g/mol. The molecule has 0 radical (unpaired) electrons. The van der Waals surface area contributed by atoms with Gasteiger partial charge in [-0.15, -0.1) is 0 Å². The maximum Gasteiger partial charge on any atom is 0.231 e. The summed E-state index contributed by atoms with van der Waals surface area (Å²) in [6.45, 7) is 0.221. The summed E-state index contributed by atoms with van der Waals surface area (Å²) in [5.74, 6) is 2.06. The van der Waals surface area contributed by atoms with E-state index in [0.29, 0.717) is 37.2 Å². The molecule has 1 fully saturated rings. The lowest BCUT2D eigenvalue weighted by Crippen LogP contribution is -2.44. The van der Waals surface area contributed by atoms with E-state index in [-0.39, 0.29) is 31.1 Å². The molecule has 1 saturated heterocycles. The largest absolute Gasteiger partial charge is 0.467 e. The van der Waals surface area contributed by atoms with E-state index in [1.165, 1.54) is 0 Å². The molecule has 1 aromatic heterocycles. The standard InChI is InChI=1S/C26H26N2O5/c29-23(27-25(21-7-4-14-31-21)19-5-2-1-3-6-19)10-12-26(13-11-24(30)28-26)16-18-8-9-20-22(15-18)33-17-32-20/h1-9,14-15,25H,10-13,16-17H2,(H,27,29)(H,28,30)/t25-,26-/m1/s1. The van der Waals surface area contributed by atoms with E-state index in [0.717, 1.165) is 16.9 Å². The zero-order chi connectivity index (χ0) is 22.7. The molecule has 2 aliphatic rings. The maximum absolute atomic E-state index is 13.0. The van der Waals surface area contributed by atoms with Gasteiger partial charge in [-0.05, 0) is 54.7 Å². The normalized spacial score (nSPS) is 19.8. The van der Waals surface area contributed by atoms with Gasteiger partial charge < -0.3 is 24.5 Å². The van der Waals surface area contributed by atoms with Crippen molar-refractivity contribution < 1.29 is 23.5 Å². The Morgan fingerprint density at radius 1 is 1.06 bits per heavy atom. The summed E-state index contributed by atoms with van der Waals surface area (Å²) in [6, 6.07) is 18.9. The molecule has 0 aliphatic carbocycles. The van der Waals surface area contributed by atoms with Crippen molar-refractivity contribution in [3.05, 3.63) is 83.8 Å². The van der Waals surface area contributed by atoms with Gasteiger partial charge in [0.05, 0.1) is 6.26 Å². The first-order chi connectivity index (χ1) is 16.1. The van der Waals surface area contributed by atoms with E-state index in [1.807, 2.05) is 60.7 Å². The average Bonchev–Trinajstić information content (AvgIpc) is 3.58. The highest BCUT2D eigenvalue weighted by Gasteiger charge is 2.38. The van der Waals surface area contributed by atoms with Gasteiger partial charge in [-0.25, -0.2) is 0 Å². The summed E-state index contributed by atoms with van der Waals surface area (Å²) in [6.07, 6.45) is 4.21. The lowest BCUT2D eigenvalue weighted by atomic mass is 9.84. The SMILES string of the molecule is O=C(CC[C@]1(Cc2ccc3c(c2)OCO3)CCC(=O)N1)N[C@H](c1ccccc1)c1ccco1. The smallest absolute Gasteiger partial charge is 0.231 e. The zero-order valence-corrected chi connectivity index (χ0v) is 18.2. The van der Waals surface area contributed by atoms with Crippen LogP contribution in [0.1, 0.15) is 48.6 Å². The molecule has 2 aliphatic heterocycles. The number of rotatable bonds is 8. The second-order valence-corrected chi connectivity index (χ2v) is 8.62. The molecular weight excluding hydrogens is 420 g/mol. The second kappa shape index (κ2) is 9.02. The Balaban J connectivity index is 1.28. The van der Waals surface area contributed by atoms with E-state index in [9.17, 15) is 9.59 Å². The molecule has 2 amide bonds. The van der Waals surface area contributed by atoms with Crippen molar-refractivity contribution in [1.82, 2.24) is 10.6 Å². The van der Waals surface area contributed by atoms with Gasteiger partial charge in [0.15, 0.2) is 11.5 Å². The number of amides is 2. The molecule has 0 bridgehead atoms. The van der Waals surface area contributed by atoms with Crippen LogP contribution in [0.15, 0.2) is 71.3 Å². The highest BCUT2D eigenvalue weighted by molar-refractivity contribution is 5.80. The molecular formula is C26H26N2O5. The highest BCUT2D eigenvalue weighted by Crippen LogP contribution is 2.36. The number of nitrogens with one attached hydrogen (secondary N) is 2. The lowest BCUT2D eigenvalue weighted by Gasteiger charge is -2.30. The number of carbonyl (C=O) groups is 2. The van der Waals surface area contributed by atoms with Crippen molar-refractivity contribution in [3.8, 4) is 11.5 Å². The first kappa shape index (κ1) is 21.1. The summed E-state index contributed by atoms with van der Waals surface area (Å²) in [5.41, 5.74) is 1.53. The Hall–Kier alpha value is -3.74. The molecule has 5 rings (SSSR count). The molecule has 3 aromatic rings. The lowest BCUT2D eigenvalue weighted by molar-refractivity contribution is -0.123. The Morgan fingerprint density at radius 2 is 1.91 bits per heavy atom. The minimum atomic E-state index is -0.463. The molecule has 2 aromatic carbocycles. The van der Waals surface area contributed by atoms with Crippen LogP contribution in [0.5, 0.6) is 11.5 Å². The molecule has 7 nitrogen and oxygen atoms in total. The second-order valence-electron chi connectivity index (χ2n) is 8.62. The fourth-order valence-corrected chi connectivity index (χ4v) is 4.63.